The van der Waals surface area contributed by atoms with E-state index in [1.54, 1.807) is 0 Å². The summed E-state index contributed by atoms with van der Waals surface area (Å²) in [6.07, 6.45) is 3.31. The van der Waals surface area contributed by atoms with Gasteiger partial charge in [0.2, 0.25) is 0 Å². The van der Waals surface area contributed by atoms with Crippen LogP contribution in [-0.2, 0) is 0 Å². The Morgan fingerprint density at radius 2 is 2.12 bits per heavy atom. The number of hydrogen-bond donors (Lipinski definition) is 1. The summed E-state index contributed by atoms with van der Waals surface area (Å²) in [6, 6.07) is 3.61. The predicted octanol–water partition coefficient (Wildman–Crippen LogP) is 3.05. The first kappa shape index (κ1) is 10.4. The van der Waals surface area contributed by atoms with Crippen molar-refractivity contribution in [1.82, 2.24) is 5.32 Å². The Hall–Kier alpha value is -0.800. The van der Waals surface area contributed by atoms with E-state index in [1.165, 1.54) is 25.0 Å². The maximum atomic E-state index is 13.3. The molecule has 0 aromatic heterocycles. The van der Waals surface area contributed by atoms with Crippen LogP contribution in [-0.4, -0.2) is 12.6 Å². The number of rotatable bonds is 2. The summed E-state index contributed by atoms with van der Waals surface area (Å²) in [5.41, 5.74) is 0.864. The monoisotopic (exact) mass is 241 g/mol. The summed E-state index contributed by atoms with van der Waals surface area (Å²) >= 11 is 5.97. The van der Waals surface area contributed by atoms with Gasteiger partial charge in [0.15, 0.2) is 0 Å². The second-order valence-corrected chi connectivity index (χ2v) is 4.84. The minimum absolute atomic E-state index is 0.185. The van der Waals surface area contributed by atoms with E-state index >= 15 is 0 Å². The van der Waals surface area contributed by atoms with Crippen LogP contribution in [0.15, 0.2) is 12.1 Å². The molecule has 1 heterocycles. The van der Waals surface area contributed by atoms with E-state index in [-0.39, 0.29) is 11.9 Å². The number of fused-ring (bicyclic) bond motifs is 1. The highest BCUT2D eigenvalue weighted by molar-refractivity contribution is 6.32. The Morgan fingerprint density at radius 1 is 1.31 bits per heavy atom. The first-order valence-corrected chi connectivity index (χ1v) is 5.99. The summed E-state index contributed by atoms with van der Waals surface area (Å²) in [7, 11) is 0. The molecule has 1 unspecified atom stereocenters. The third-order valence-electron chi connectivity index (χ3n) is 3.08. The van der Waals surface area contributed by atoms with Crippen molar-refractivity contribution in [2.45, 2.75) is 31.3 Å². The standard InChI is InChI=1S/C12H13ClFNO/c13-10-6-7(14)5-9-11(15-8-1-2-8)3-4-16-12(9)10/h5-6,8,11,15H,1-4H2. The fraction of sp³-hybridized carbons (Fsp3) is 0.500. The second kappa shape index (κ2) is 3.90. The molecule has 0 saturated heterocycles. The lowest BCUT2D eigenvalue weighted by Crippen LogP contribution is -2.28. The molecule has 16 heavy (non-hydrogen) atoms. The summed E-state index contributed by atoms with van der Waals surface area (Å²) in [6.45, 7) is 0.642. The Labute approximate surface area is 98.7 Å². The van der Waals surface area contributed by atoms with Gasteiger partial charge in [0, 0.05) is 24.1 Å². The molecular weight excluding hydrogens is 229 g/mol. The van der Waals surface area contributed by atoms with Gasteiger partial charge in [0.25, 0.3) is 0 Å². The highest BCUT2D eigenvalue weighted by Crippen LogP contribution is 2.39. The lowest BCUT2D eigenvalue weighted by Gasteiger charge is -2.27. The van der Waals surface area contributed by atoms with Crippen molar-refractivity contribution in [3.05, 3.63) is 28.5 Å². The Morgan fingerprint density at radius 3 is 2.88 bits per heavy atom. The van der Waals surface area contributed by atoms with Crippen LogP contribution in [0.1, 0.15) is 30.9 Å². The van der Waals surface area contributed by atoms with E-state index in [0.717, 1.165) is 12.0 Å². The average Bonchev–Trinajstić information content (AvgIpc) is 3.03. The number of halogens is 2. The molecule has 1 saturated carbocycles. The minimum Gasteiger partial charge on any atom is -0.492 e. The normalized spacial score (nSPS) is 23.8. The van der Waals surface area contributed by atoms with Crippen LogP contribution in [0.3, 0.4) is 0 Å². The summed E-state index contributed by atoms with van der Waals surface area (Å²) in [5, 5.41) is 3.87. The Kier molecular flexibility index (Phi) is 2.52. The van der Waals surface area contributed by atoms with E-state index in [9.17, 15) is 4.39 Å². The van der Waals surface area contributed by atoms with Crippen LogP contribution in [0, 0.1) is 5.82 Å². The van der Waals surface area contributed by atoms with Gasteiger partial charge in [-0.25, -0.2) is 4.39 Å². The van der Waals surface area contributed by atoms with Gasteiger partial charge in [-0.15, -0.1) is 0 Å². The zero-order chi connectivity index (χ0) is 11.1. The third-order valence-corrected chi connectivity index (χ3v) is 3.36. The maximum absolute atomic E-state index is 13.3. The van der Waals surface area contributed by atoms with Gasteiger partial charge >= 0.3 is 0 Å². The van der Waals surface area contributed by atoms with Crippen LogP contribution in [0.2, 0.25) is 5.02 Å². The van der Waals surface area contributed by atoms with E-state index in [2.05, 4.69) is 5.32 Å². The molecule has 0 bridgehead atoms. The topological polar surface area (TPSA) is 21.3 Å². The zero-order valence-corrected chi connectivity index (χ0v) is 9.56. The zero-order valence-electron chi connectivity index (χ0n) is 8.80. The number of benzene rings is 1. The molecule has 1 atom stereocenters. The van der Waals surface area contributed by atoms with Gasteiger partial charge in [0.1, 0.15) is 11.6 Å². The lowest BCUT2D eigenvalue weighted by molar-refractivity contribution is 0.251. The molecule has 1 N–H and O–H groups in total. The first-order valence-electron chi connectivity index (χ1n) is 5.62. The van der Waals surface area contributed by atoms with Crippen molar-refractivity contribution < 1.29 is 9.13 Å². The van der Waals surface area contributed by atoms with Crippen LogP contribution in [0.4, 0.5) is 4.39 Å². The van der Waals surface area contributed by atoms with E-state index in [1.807, 2.05) is 0 Å². The second-order valence-electron chi connectivity index (χ2n) is 4.44. The van der Waals surface area contributed by atoms with Crippen LogP contribution in [0.25, 0.3) is 0 Å². The van der Waals surface area contributed by atoms with Crippen LogP contribution in [0.5, 0.6) is 5.75 Å². The quantitative estimate of drug-likeness (QED) is 0.859. The van der Waals surface area contributed by atoms with Crippen molar-refractivity contribution >= 4 is 11.6 Å². The smallest absolute Gasteiger partial charge is 0.142 e. The van der Waals surface area contributed by atoms with E-state index < -0.39 is 0 Å². The number of nitrogens with one attached hydrogen (secondary N) is 1. The van der Waals surface area contributed by atoms with E-state index in [0.29, 0.717) is 23.4 Å². The van der Waals surface area contributed by atoms with Gasteiger partial charge in [0.05, 0.1) is 11.6 Å². The molecule has 0 radical (unpaired) electrons. The molecule has 1 aromatic carbocycles. The summed E-state index contributed by atoms with van der Waals surface area (Å²) < 4.78 is 18.8. The highest BCUT2D eigenvalue weighted by Gasteiger charge is 2.30. The van der Waals surface area contributed by atoms with Gasteiger partial charge in [-0.05, 0) is 25.0 Å². The molecule has 86 valence electrons. The highest BCUT2D eigenvalue weighted by atomic mass is 35.5. The van der Waals surface area contributed by atoms with Crippen molar-refractivity contribution in [2.24, 2.45) is 0 Å². The van der Waals surface area contributed by atoms with Crippen LogP contribution >= 0.6 is 11.6 Å². The minimum atomic E-state index is -0.295. The largest absolute Gasteiger partial charge is 0.492 e. The maximum Gasteiger partial charge on any atom is 0.142 e. The molecule has 3 rings (SSSR count). The number of hydrogen-bond acceptors (Lipinski definition) is 2. The molecule has 0 amide bonds. The van der Waals surface area contributed by atoms with Crippen molar-refractivity contribution in [3.63, 3.8) is 0 Å². The number of ether oxygens (including phenoxy) is 1. The Balaban J connectivity index is 1.95. The predicted molar refractivity (Wildman–Crippen MR) is 60.4 cm³/mol. The molecule has 2 aliphatic rings. The van der Waals surface area contributed by atoms with Crippen LogP contribution < -0.4 is 10.1 Å². The van der Waals surface area contributed by atoms with Gasteiger partial charge in [-0.3, -0.25) is 0 Å². The molecule has 1 aliphatic carbocycles. The molecule has 1 aliphatic heterocycles. The van der Waals surface area contributed by atoms with E-state index in [4.69, 9.17) is 16.3 Å². The lowest BCUT2D eigenvalue weighted by atomic mass is 10.0. The van der Waals surface area contributed by atoms with Gasteiger partial charge in [-0.2, -0.15) is 0 Å². The van der Waals surface area contributed by atoms with Crippen molar-refractivity contribution in [1.29, 1.82) is 0 Å². The molecule has 1 fully saturated rings. The molecule has 1 aromatic rings. The fourth-order valence-corrected chi connectivity index (χ4v) is 2.40. The SMILES string of the molecule is Fc1cc(Cl)c2c(c1)C(NC1CC1)CCO2. The fourth-order valence-electron chi connectivity index (χ4n) is 2.13. The van der Waals surface area contributed by atoms with Gasteiger partial charge < -0.3 is 10.1 Å². The molecule has 4 heteroatoms. The van der Waals surface area contributed by atoms with Crippen molar-refractivity contribution in [3.8, 4) is 5.75 Å². The van der Waals surface area contributed by atoms with Crippen molar-refractivity contribution in [2.75, 3.05) is 6.61 Å². The molecule has 0 spiro atoms. The third kappa shape index (κ3) is 1.89. The Bertz CT molecular complexity index is 420. The summed E-state index contributed by atoms with van der Waals surface area (Å²) in [4.78, 5) is 0. The first-order chi connectivity index (χ1) is 7.74. The molecular formula is C12H13ClFNO. The molecule has 2 nitrogen and oxygen atoms in total. The average molecular weight is 242 g/mol. The van der Waals surface area contributed by atoms with Gasteiger partial charge in [-0.1, -0.05) is 11.6 Å². The summed E-state index contributed by atoms with van der Waals surface area (Å²) in [5.74, 6) is 0.351.